The molecule has 0 unspecified atom stereocenters. The number of primary sulfonamides is 1. The lowest BCUT2D eigenvalue weighted by Crippen LogP contribution is -2.50. The summed E-state index contributed by atoms with van der Waals surface area (Å²) < 4.78 is 59.1. The summed E-state index contributed by atoms with van der Waals surface area (Å²) in [6.45, 7) is 3.72. The van der Waals surface area contributed by atoms with Gasteiger partial charge < -0.3 is 5.32 Å². The van der Waals surface area contributed by atoms with Crippen molar-refractivity contribution in [2.24, 2.45) is 11.1 Å². The number of rotatable bonds is 9. The number of carbonyl (C=O) groups is 1. The van der Waals surface area contributed by atoms with E-state index >= 15 is 0 Å². The Morgan fingerprint density at radius 3 is 2.38 bits per heavy atom. The second-order valence-electron chi connectivity index (χ2n) is 7.46. The molecule has 3 aromatic rings. The van der Waals surface area contributed by atoms with Crippen LogP contribution in [-0.2, 0) is 31.3 Å². The first-order valence-electron chi connectivity index (χ1n) is 9.62. The van der Waals surface area contributed by atoms with Crippen molar-refractivity contribution in [3.63, 3.8) is 0 Å². The third-order valence-electron chi connectivity index (χ3n) is 4.73. The van der Waals surface area contributed by atoms with E-state index in [0.29, 0.717) is 11.9 Å². The van der Waals surface area contributed by atoms with Crippen LogP contribution in [0.2, 0.25) is 0 Å². The van der Waals surface area contributed by atoms with E-state index in [4.69, 9.17) is 5.14 Å². The maximum absolute atomic E-state index is 13.0. The van der Waals surface area contributed by atoms with E-state index in [1.54, 1.807) is 38.1 Å². The molecular formula is C19H23N5O5S3. The van der Waals surface area contributed by atoms with E-state index in [0.717, 1.165) is 17.3 Å². The summed E-state index contributed by atoms with van der Waals surface area (Å²) in [7, 11) is -7.78. The summed E-state index contributed by atoms with van der Waals surface area (Å²) in [5.74, 6) is -0.778. The van der Waals surface area contributed by atoms with Gasteiger partial charge in [-0.2, -0.15) is 13.5 Å². The Bertz CT molecular complexity index is 1320. The first-order chi connectivity index (χ1) is 15.0. The van der Waals surface area contributed by atoms with Crippen molar-refractivity contribution in [1.29, 1.82) is 0 Å². The monoisotopic (exact) mass is 497 g/mol. The van der Waals surface area contributed by atoms with Crippen LogP contribution in [0, 0.1) is 5.92 Å². The highest BCUT2D eigenvalue weighted by Gasteiger charge is 2.29. The van der Waals surface area contributed by atoms with Gasteiger partial charge in [0.1, 0.15) is 22.0 Å². The molecule has 0 aliphatic rings. The minimum absolute atomic E-state index is 0.00453. The molecule has 10 nitrogen and oxygen atoms in total. The molecule has 0 radical (unpaired) electrons. The zero-order valence-electron chi connectivity index (χ0n) is 17.3. The van der Waals surface area contributed by atoms with Crippen LogP contribution in [0.25, 0.3) is 11.0 Å². The second kappa shape index (κ2) is 9.58. The number of hydrogen-bond donors (Lipinski definition) is 3. The third kappa shape index (κ3) is 5.66. The quantitative estimate of drug-likeness (QED) is 0.397. The van der Waals surface area contributed by atoms with Gasteiger partial charge in [0, 0.05) is 6.54 Å². The SMILES string of the molecule is CC(C)[C@@H](NS(=O)(=O)c1cccc2nsnc12)C(=O)NCCc1ccc(S(N)(=O)=O)cc1. The van der Waals surface area contributed by atoms with Crippen LogP contribution in [0.4, 0.5) is 0 Å². The molecule has 0 saturated heterocycles. The average molecular weight is 498 g/mol. The van der Waals surface area contributed by atoms with Gasteiger partial charge in [0.15, 0.2) is 0 Å². The van der Waals surface area contributed by atoms with Crippen LogP contribution in [0.5, 0.6) is 0 Å². The number of benzene rings is 2. The fourth-order valence-electron chi connectivity index (χ4n) is 3.01. The summed E-state index contributed by atoms with van der Waals surface area (Å²) in [4.78, 5) is 12.7. The Morgan fingerprint density at radius 2 is 1.75 bits per heavy atom. The van der Waals surface area contributed by atoms with E-state index in [9.17, 15) is 21.6 Å². The number of carbonyl (C=O) groups excluding carboxylic acids is 1. The smallest absolute Gasteiger partial charge is 0.243 e. The summed E-state index contributed by atoms with van der Waals surface area (Å²) in [5, 5.41) is 7.81. The third-order valence-corrected chi connectivity index (χ3v) is 7.68. The second-order valence-corrected chi connectivity index (χ2v) is 11.2. The van der Waals surface area contributed by atoms with Gasteiger partial charge in [-0.3, -0.25) is 4.79 Å². The van der Waals surface area contributed by atoms with E-state index in [-0.39, 0.29) is 27.8 Å². The topological polar surface area (TPSA) is 161 Å². The lowest BCUT2D eigenvalue weighted by atomic mass is 10.0. The molecule has 0 fully saturated rings. The van der Waals surface area contributed by atoms with Crippen molar-refractivity contribution in [2.45, 2.75) is 36.1 Å². The molecule has 0 bridgehead atoms. The summed E-state index contributed by atoms with van der Waals surface area (Å²) in [6.07, 6.45) is 0.429. The maximum atomic E-state index is 13.0. The average Bonchev–Trinajstić information content (AvgIpc) is 3.20. The molecule has 1 heterocycles. The minimum Gasteiger partial charge on any atom is -0.354 e. The summed E-state index contributed by atoms with van der Waals surface area (Å²) in [6, 6.07) is 9.67. The Labute approximate surface area is 190 Å². The number of nitrogens with two attached hydrogens (primary N) is 1. The highest BCUT2D eigenvalue weighted by Crippen LogP contribution is 2.22. The van der Waals surface area contributed by atoms with E-state index in [1.807, 2.05) is 0 Å². The summed E-state index contributed by atoms with van der Waals surface area (Å²) in [5.41, 5.74) is 1.52. The lowest BCUT2D eigenvalue weighted by Gasteiger charge is -2.21. The number of amides is 1. The molecule has 0 aliphatic heterocycles. The normalized spacial score (nSPS) is 13.4. The van der Waals surface area contributed by atoms with Crippen molar-refractivity contribution in [3.05, 3.63) is 48.0 Å². The van der Waals surface area contributed by atoms with Crippen molar-refractivity contribution in [3.8, 4) is 0 Å². The fraction of sp³-hybridized carbons (Fsp3) is 0.316. The Hall–Kier alpha value is -2.45. The molecule has 0 aliphatic carbocycles. The first kappa shape index (κ1) is 24.2. The molecule has 0 saturated carbocycles. The zero-order chi connectivity index (χ0) is 23.5. The first-order valence-corrected chi connectivity index (χ1v) is 13.4. The highest BCUT2D eigenvalue weighted by atomic mass is 32.2. The van der Waals surface area contributed by atoms with Crippen LogP contribution in [-0.4, -0.2) is 44.1 Å². The number of fused-ring (bicyclic) bond motifs is 1. The van der Waals surface area contributed by atoms with Crippen molar-refractivity contribution < 1.29 is 21.6 Å². The number of hydrogen-bond acceptors (Lipinski definition) is 8. The predicted octanol–water partition coefficient (Wildman–Crippen LogP) is 1.00. The Balaban J connectivity index is 1.66. The van der Waals surface area contributed by atoms with Gasteiger partial charge in [-0.1, -0.05) is 32.0 Å². The van der Waals surface area contributed by atoms with E-state index in [2.05, 4.69) is 18.8 Å². The number of nitrogens with one attached hydrogen (secondary N) is 2. The zero-order valence-corrected chi connectivity index (χ0v) is 19.8. The van der Waals surface area contributed by atoms with Crippen LogP contribution in [0.3, 0.4) is 0 Å². The Morgan fingerprint density at radius 1 is 1.06 bits per heavy atom. The molecule has 1 amide bonds. The standard InChI is InChI=1S/C19H23N5O5S3/c1-12(2)17(24-32(28,29)16-5-3-4-15-18(16)23-30-22-15)19(25)21-11-10-13-6-8-14(9-7-13)31(20,26)27/h3-9,12,17,24H,10-11H2,1-2H3,(H,21,25)(H2,20,26,27)/t17-/m1/s1. The number of sulfonamides is 2. The van der Waals surface area contributed by atoms with E-state index in [1.165, 1.54) is 18.2 Å². The Kier molecular flexibility index (Phi) is 7.25. The number of nitrogens with zero attached hydrogens (tertiary/aromatic N) is 2. The molecule has 4 N–H and O–H groups in total. The van der Waals surface area contributed by atoms with Gasteiger partial charge >= 0.3 is 0 Å². The molecule has 1 aromatic heterocycles. The predicted molar refractivity (Wildman–Crippen MR) is 121 cm³/mol. The van der Waals surface area contributed by atoms with Crippen molar-refractivity contribution >= 4 is 48.7 Å². The lowest BCUT2D eigenvalue weighted by molar-refractivity contribution is -0.123. The molecule has 32 heavy (non-hydrogen) atoms. The highest BCUT2D eigenvalue weighted by molar-refractivity contribution is 7.89. The van der Waals surface area contributed by atoms with Crippen molar-refractivity contribution in [1.82, 2.24) is 18.8 Å². The maximum Gasteiger partial charge on any atom is 0.243 e. The molecule has 3 rings (SSSR count). The van der Waals surface area contributed by atoms with Gasteiger partial charge in [0.25, 0.3) is 0 Å². The van der Waals surface area contributed by atoms with E-state index < -0.39 is 32.0 Å². The van der Waals surface area contributed by atoms with Crippen LogP contribution in [0.15, 0.2) is 52.3 Å². The summed E-state index contributed by atoms with van der Waals surface area (Å²) >= 11 is 0.914. The van der Waals surface area contributed by atoms with Crippen molar-refractivity contribution in [2.75, 3.05) is 6.54 Å². The van der Waals surface area contributed by atoms with Gasteiger partial charge in [0.2, 0.25) is 26.0 Å². The molecule has 13 heteroatoms. The van der Waals surface area contributed by atoms with Crippen LogP contribution >= 0.6 is 11.7 Å². The van der Waals surface area contributed by atoms with Gasteiger partial charge in [0.05, 0.1) is 16.6 Å². The van der Waals surface area contributed by atoms with Gasteiger partial charge in [-0.05, 0) is 42.2 Å². The van der Waals surface area contributed by atoms with Crippen LogP contribution < -0.4 is 15.2 Å². The number of aromatic nitrogens is 2. The molecule has 172 valence electrons. The van der Waals surface area contributed by atoms with Crippen LogP contribution in [0.1, 0.15) is 19.4 Å². The fourth-order valence-corrected chi connectivity index (χ4v) is 5.63. The van der Waals surface area contributed by atoms with Gasteiger partial charge in [-0.25, -0.2) is 22.0 Å². The minimum atomic E-state index is -4.02. The largest absolute Gasteiger partial charge is 0.354 e. The molecule has 1 atom stereocenters. The molecule has 0 spiro atoms. The molecular weight excluding hydrogens is 474 g/mol. The molecule has 2 aromatic carbocycles. The van der Waals surface area contributed by atoms with Gasteiger partial charge in [-0.15, -0.1) is 0 Å².